The van der Waals surface area contributed by atoms with E-state index in [2.05, 4.69) is 27.7 Å². The van der Waals surface area contributed by atoms with Gasteiger partial charge in [-0.1, -0.05) is 53.4 Å². The summed E-state index contributed by atoms with van der Waals surface area (Å²) >= 11 is 0. The quantitative estimate of drug-likeness (QED) is 0.402. The van der Waals surface area contributed by atoms with Gasteiger partial charge in [0, 0.05) is 6.26 Å². The van der Waals surface area contributed by atoms with Crippen molar-refractivity contribution in [2.24, 2.45) is 52.3 Å². The Balaban J connectivity index is 1.37. The minimum absolute atomic E-state index is 0.302. The van der Waals surface area contributed by atoms with Gasteiger partial charge in [0.25, 0.3) is 0 Å². The lowest BCUT2D eigenvalue weighted by Crippen LogP contribution is -2.53. The molecule has 9 atom stereocenters. The minimum atomic E-state index is -2.84. The third kappa shape index (κ3) is 4.65. The highest BCUT2D eigenvalue weighted by Gasteiger charge is 2.60. The van der Waals surface area contributed by atoms with E-state index in [-0.39, 0.29) is 0 Å². The first kappa shape index (κ1) is 24.1. The maximum absolute atomic E-state index is 11.6. The van der Waals surface area contributed by atoms with Crippen LogP contribution in [-0.4, -0.2) is 20.4 Å². The molecule has 4 saturated carbocycles. The van der Waals surface area contributed by atoms with Gasteiger partial charge in [-0.05, 0) is 110 Å². The number of hydrogen-bond acceptors (Lipinski definition) is 2. The Labute approximate surface area is 193 Å². The summed E-state index contributed by atoms with van der Waals surface area (Å²) in [5.41, 5.74) is 1.22. The summed E-state index contributed by atoms with van der Waals surface area (Å²) in [5, 5.41) is 0. The monoisotopic (exact) mass is 450 g/mol. The molecule has 0 N–H and O–H groups in total. The van der Waals surface area contributed by atoms with Crippen LogP contribution in [0, 0.1) is 52.3 Å². The summed E-state index contributed by atoms with van der Waals surface area (Å²) in [6, 6.07) is 0. The van der Waals surface area contributed by atoms with Crippen LogP contribution in [0.15, 0.2) is 0 Å². The fourth-order valence-electron chi connectivity index (χ4n) is 9.86. The van der Waals surface area contributed by atoms with Gasteiger partial charge in [0.2, 0.25) is 0 Å². The zero-order chi connectivity index (χ0) is 22.4. The lowest BCUT2D eigenvalue weighted by molar-refractivity contribution is -0.114. The summed E-state index contributed by atoms with van der Waals surface area (Å²) in [6.45, 7) is 10.0. The molecule has 0 radical (unpaired) electrons. The molecule has 0 aromatic rings. The molecule has 4 rings (SSSR count). The largest absolute Gasteiger partial charge is 0.229 e. The van der Waals surface area contributed by atoms with Crippen molar-refractivity contribution in [2.45, 2.75) is 111 Å². The number of hydrogen-bond donors (Lipinski definition) is 0. The van der Waals surface area contributed by atoms with Crippen molar-refractivity contribution in [3.05, 3.63) is 0 Å². The van der Waals surface area contributed by atoms with Gasteiger partial charge in [0.15, 0.2) is 0 Å². The summed E-state index contributed by atoms with van der Waals surface area (Å²) in [4.78, 5) is 0. The molecule has 4 aliphatic rings. The predicted octanol–water partition coefficient (Wildman–Crippen LogP) is 7.52. The average molecular weight is 451 g/mol. The molecule has 2 unspecified atom stereocenters. The van der Waals surface area contributed by atoms with E-state index in [4.69, 9.17) is 0 Å². The van der Waals surface area contributed by atoms with E-state index >= 15 is 0 Å². The zero-order valence-corrected chi connectivity index (χ0v) is 22.0. The van der Waals surface area contributed by atoms with Crippen LogP contribution in [0.4, 0.5) is 0 Å². The summed E-state index contributed by atoms with van der Waals surface area (Å²) < 4.78 is 23.1. The minimum Gasteiger partial charge on any atom is -0.229 e. The maximum Gasteiger partial charge on any atom is 0.147 e. The van der Waals surface area contributed by atoms with E-state index in [1.54, 1.807) is 0 Å². The first-order valence-electron chi connectivity index (χ1n) is 13.7. The van der Waals surface area contributed by atoms with E-state index in [1.807, 2.05) is 0 Å². The van der Waals surface area contributed by atoms with Crippen LogP contribution in [0.25, 0.3) is 0 Å². The standard InChI is InChI=1S/C28H50O2S/c1-20(19-31(5,29)30)9-8-10-21(2)24-14-15-25-23-13-12-22-11-6-7-17-27(22,3)26(23)16-18-28(24,25)4/h20-26H,6-19H2,1-5H3/t20?,21-,22?,23+,24-,25+,26+,27+,28-/m1/s1. The molecule has 0 amide bonds. The Morgan fingerprint density at radius 1 is 0.839 bits per heavy atom. The van der Waals surface area contributed by atoms with E-state index in [1.165, 1.54) is 83.3 Å². The second-order valence-corrected chi connectivity index (χ2v) is 15.4. The average Bonchev–Trinajstić information content (AvgIpc) is 3.03. The van der Waals surface area contributed by atoms with Crippen molar-refractivity contribution >= 4 is 9.84 Å². The first-order valence-corrected chi connectivity index (χ1v) is 15.8. The zero-order valence-electron chi connectivity index (χ0n) is 21.2. The highest BCUT2D eigenvalue weighted by molar-refractivity contribution is 7.90. The van der Waals surface area contributed by atoms with Crippen LogP contribution >= 0.6 is 0 Å². The Kier molecular flexibility index (Phi) is 6.96. The van der Waals surface area contributed by atoms with Gasteiger partial charge in [0.1, 0.15) is 9.84 Å². The van der Waals surface area contributed by atoms with Crippen LogP contribution in [-0.2, 0) is 9.84 Å². The molecule has 0 bridgehead atoms. The summed E-state index contributed by atoms with van der Waals surface area (Å²) in [5.74, 6) is 6.35. The van der Waals surface area contributed by atoms with E-state index in [0.29, 0.717) is 22.5 Å². The molecule has 180 valence electrons. The van der Waals surface area contributed by atoms with Gasteiger partial charge in [-0.25, -0.2) is 8.42 Å². The van der Waals surface area contributed by atoms with Crippen molar-refractivity contribution in [2.75, 3.05) is 12.0 Å². The molecule has 3 heteroatoms. The fraction of sp³-hybridized carbons (Fsp3) is 1.00. The van der Waals surface area contributed by atoms with Gasteiger partial charge >= 0.3 is 0 Å². The SMILES string of the molecule is CC(CCC[C@@H](C)[C@H]1CC[C@H]2[C@@H]3CCC4CCCC[C@]4(C)[C@H]3CC[C@]12C)CS(C)(=O)=O. The third-order valence-electron chi connectivity index (χ3n) is 11.3. The molecule has 2 nitrogen and oxygen atoms in total. The lowest BCUT2D eigenvalue weighted by atomic mass is 9.44. The van der Waals surface area contributed by atoms with Crippen LogP contribution in [0.1, 0.15) is 111 Å². The smallest absolute Gasteiger partial charge is 0.147 e. The van der Waals surface area contributed by atoms with Crippen LogP contribution in [0.2, 0.25) is 0 Å². The summed E-state index contributed by atoms with van der Waals surface area (Å²) in [6.07, 6.45) is 19.9. The van der Waals surface area contributed by atoms with Crippen molar-refractivity contribution in [1.29, 1.82) is 0 Å². The topological polar surface area (TPSA) is 34.1 Å². The van der Waals surface area contributed by atoms with Crippen molar-refractivity contribution in [1.82, 2.24) is 0 Å². The fourth-order valence-corrected chi connectivity index (χ4v) is 11.1. The molecule has 0 saturated heterocycles. The van der Waals surface area contributed by atoms with E-state index in [0.717, 1.165) is 41.9 Å². The molecule has 0 aliphatic heterocycles. The van der Waals surface area contributed by atoms with Crippen molar-refractivity contribution in [3.8, 4) is 0 Å². The Morgan fingerprint density at radius 2 is 1.58 bits per heavy atom. The Morgan fingerprint density at radius 3 is 2.32 bits per heavy atom. The van der Waals surface area contributed by atoms with Crippen molar-refractivity contribution in [3.63, 3.8) is 0 Å². The van der Waals surface area contributed by atoms with Crippen LogP contribution in [0.5, 0.6) is 0 Å². The Hall–Kier alpha value is -0.0500. The van der Waals surface area contributed by atoms with Crippen LogP contribution in [0.3, 0.4) is 0 Å². The van der Waals surface area contributed by atoms with Gasteiger partial charge in [-0.2, -0.15) is 0 Å². The third-order valence-corrected chi connectivity index (χ3v) is 12.5. The number of sulfone groups is 1. The van der Waals surface area contributed by atoms with E-state index in [9.17, 15) is 8.42 Å². The van der Waals surface area contributed by atoms with Gasteiger partial charge in [0.05, 0.1) is 5.75 Å². The van der Waals surface area contributed by atoms with Crippen molar-refractivity contribution < 1.29 is 8.42 Å². The second kappa shape index (κ2) is 8.95. The molecule has 0 spiro atoms. The van der Waals surface area contributed by atoms with Gasteiger partial charge < -0.3 is 0 Å². The Bertz CT molecular complexity index is 729. The van der Waals surface area contributed by atoms with Crippen LogP contribution < -0.4 is 0 Å². The molecule has 31 heavy (non-hydrogen) atoms. The number of rotatable bonds is 7. The van der Waals surface area contributed by atoms with E-state index < -0.39 is 9.84 Å². The molecule has 0 aromatic carbocycles. The normalized spacial score (nSPS) is 44.7. The maximum atomic E-state index is 11.6. The second-order valence-electron chi connectivity index (χ2n) is 13.2. The molecule has 0 heterocycles. The molecule has 4 fully saturated rings. The summed E-state index contributed by atoms with van der Waals surface area (Å²) in [7, 11) is -2.84. The highest BCUT2D eigenvalue weighted by atomic mass is 32.2. The van der Waals surface area contributed by atoms with Gasteiger partial charge in [-0.3, -0.25) is 0 Å². The highest BCUT2D eigenvalue weighted by Crippen LogP contribution is 2.68. The first-order chi connectivity index (χ1) is 14.5. The lowest BCUT2D eigenvalue weighted by Gasteiger charge is -2.61. The number of fused-ring (bicyclic) bond motifs is 5. The molecule has 0 aromatic heterocycles. The molecule has 4 aliphatic carbocycles. The molecular weight excluding hydrogens is 400 g/mol. The van der Waals surface area contributed by atoms with Gasteiger partial charge in [-0.15, -0.1) is 0 Å². The predicted molar refractivity (Wildman–Crippen MR) is 132 cm³/mol. The molecular formula is C28H50O2S.